The second kappa shape index (κ2) is 5.57. The van der Waals surface area contributed by atoms with Gasteiger partial charge in [0.2, 0.25) is 0 Å². The van der Waals surface area contributed by atoms with Gasteiger partial charge in [0.1, 0.15) is 11.2 Å². The van der Waals surface area contributed by atoms with Gasteiger partial charge >= 0.3 is 0 Å². The number of hydrogen-bond acceptors (Lipinski definition) is 4. The van der Waals surface area contributed by atoms with Crippen LogP contribution in [0.25, 0.3) is 5.65 Å². The number of nitrogens with zero attached hydrogens (tertiary/aromatic N) is 2. The Labute approximate surface area is 118 Å². The number of carbonyl (C=O) groups excluding carboxylic acids is 1. The Morgan fingerprint density at radius 2 is 2.19 bits per heavy atom. The zero-order valence-corrected chi connectivity index (χ0v) is 11.3. The highest BCUT2D eigenvalue weighted by atomic mass is 19.3. The molecule has 0 unspecified atom stereocenters. The number of nitrogens with two attached hydrogens (primary N) is 1. The van der Waals surface area contributed by atoms with E-state index in [2.05, 4.69) is 4.98 Å². The molecule has 0 saturated carbocycles. The average molecular weight is 296 g/mol. The highest BCUT2D eigenvalue weighted by Gasteiger charge is 2.28. The summed E-state index contributed by atoms with van der Waals surface area (Å²) >= 11 is 0. The fourth-order valence-electron chi connectivity index (χ4n) is 1.72. The predicted molar refractivity (Wildman–Crippen MR) is 72.5 cm³/mol. The molecule has 2 aromatic rings. The highest BCUT2D eigenvalue weighted by molar-refractivity contribution is 5.93. The van der Waals surface area contributed by atoms with Crippen molar-refractivity contribution in [3.63, 3.8) is 0 Å². The Balaban J connectivity index is 2.32. The van der Waals surface area contributed by atoms with Crippen LogP contribution >= 0.6 is 0 Å². The van der Waals surface area contributed by atoms with Gasteiger partial charge in [0, 0.05) is 12.4 Å². The lowest BCUT2D eigenvalue weighted by Gasteiger charge is -2.14. The van der Waals surface area contributed by atoms with Gasteiger partial charge in [-0.25, -0.2) is 13.8 Å². The molecule has 2 heterocycles. The number of aryl methyl sites for hydroxylation is 1. The van der Waals surface area contributed by atoms with E-state index in [4.69, 9.17) is 5.73 Å². The second-order valence-corrected chi connectivity index (χ2v) is 4.65. The topological polar surface area (TPSA) is 89.5 Å². The van der Waals surface area contributed by atoms with Crippen molar-refractivity contribution >= 4 is 11.6 Å². The number of rotatable bonds is 4. The number of fused-ring (bicyclic) bond motifs is 1. The van der Waals surface area contributed by atoms with Crippen molar-refractivity contribution in [2.45, 2.75) is 12.8 Å². The number of amides is 1. The molecule has 0 saturated heterocycles. The van der Waals surface area contributed by atoms with Gasteiger partial charge in [-0.1, -0.05) is 6.07 Å². The highest BCUT2D eigenvalue weighted by Crippen LogP contribution is 2.09. The zero-order chi connectivity index (χ0) is 15.6. The van der Waals surface area contributed by atoms with Crippen LogP contribution in [-0.4, -0.2) is 34.3 Å². The molecule has 6 nitrogen and oxygen atoms in total. The Morgan fingerprint density at radius 1 is 1.48 bits per heavy atom. The van der Waals surface area contributed by atoms with Crippen LogP contribution in [0.15, 0.2) is 29.3 Å². The van der Waals surface area contributed by atoms with Crippen LogP contribution in [0.4, 0.5) is 8.78 Å². The van der Waals surface area contributed by atoms with E-state index in [0.29, 0.717) is 5.65 Å². The standard InChI is InChI=1S/C13H14F2N4O2/c1-8-2-3-10-17-4-9(12(21)19(10)5-8)11(20)18-7-13(14,15)6-16/h2-5H,6-7,16H2,1H3,(H,18,20). The van der Waals surface area contributed by atoms with Crippen LogP contribution in [0.2, 0.25) is 0 Å². The van der Waals surface area contributed by atoms with Gasteiger partial charge in [0.05, 0.1) is 13.1 Å². The van der Waals surface area contributed by atoms with Gasteiger partial charge in [0.15, 0.2) is 0 Å². The maximum atomic E-state index is 13.0. The molecule has 0 aliphatic carbocycles. The summed E-state index contributed by atoms with van der Waals surface area (Å²) < 4.78 is 27.2. The van der Waals surface area contributed by atoms with Crippen LogP contribution in [0.1, 0.15) is 15.9 Å². The fourth-order valence-corrected chi connectivity index (χ4v) is 1.72. The number of hydrogen-bond donors (Lipinski definition) is 2. The van der Waals surface area contributed by atoms with Gasteiger partial charge in [-0.2, -0.15) is 0 Å². The number of halogens is 2. The molecule has 21 heavy (non-hydrogen) atoms. The van der Waals surface area contributed by atoms with Crippen molar-refractivity contribution in [3.05, 3.63) is 46.0 Å². The SMILES string of the molecule is Cc1ccc2ncc(C(=O)NCC(F)(F)CN)c(=O)n2c1. The molecule has 0 aromatic carbocycles. The van der Waals surface area contributed by atoms with E-state index >= 15 is 0 Å². The summed E-state index contributed by atoms with van der Waals surface area (Å²) in [4.78, 5) is 27.9. The van der Waals surface area contributed by atoms with Crippen LogP contribution in [0.5, 0.6) is 0 Å². The molecule has 112 valence electrons. The average Bonchev–Trinajstić information content (AvgIpc) is 2.46. The van der Waals surface area contributed by atoms with Crippen LogP contribution < -0.4 is 16.6 Å². The van der Waals surface area contributed by atoms with E-state index in [-0.39, 0.29) is 5.56 Å². The van der Waals surface area contributed by atoms with Gasteiger partial charge in [-0.15, -0.1) is 0 Å². The van der Waals surface area contributed by atoms with Crippen molar-refractivity contribution in [2.75, 3.05) is 13.1 Å². The zero-order valence-electron chi connectivity index (χ0n) is 11.3. The summed E-state index contributed by atoms with van der Waals surface area (Å²) in [6.07, 6.45) is 2.60. The normalized spacial score (nSPS) is 11.6. The lowest BCUT2D eigenvalue weighted by Crippen LogP contribution is -2.43. The van der Waals surface area contributed by atoms with Crippen molar-refractivity contribution in [1.29, 1.82) is 0 Å². The van der Waals surface area contributed by atoms with Crippen molar-refractivity contribution in [2.24, 2.45) is 5.73 Å². The first-order chi connectivity index (χ1) is 9.84. The summed E-state index contributed by atoms with van der Waals surface area (Å²) in [5, 5.41) is 1.99. The van der Waals surface area contributed by atoms with Crippen LogP contribution in [0.3, 0.4) is 0 Å². The second-order valence-electron chi connectivity index (χ2n) is 4.65. The molecule has 1 amide bonds. The third-order valence-corrected chi connectivity index (χ3v) is 2.90. The van der Waals surface area contributed by atoms with E-state index in [1.54, 1.807) is 19.1 Å². The quantitative estimate of drug-likeness (QED) is 0.850. The van der Waals surface area contributed by atoms with Crippen LogP contribution in [-0.2, 0) is 0 Å². The largest absolute Gasteiger partial charge is 0.346 e. The Bertz CT molecular complexity index is 743. The van der Waals surface area contributed by atoms with Gasteiger partial charge in [-0.3, -0.25) is 14.0 Å². The Hall–Kier alpha value is -2.35. The molecule has 2 aromatic heterocycles. The first-order valence-electron chi connectivity index (χ1n) is 6.18. The summed E-state index contributed by atoms with van der Waals surface area (Å²) in [7, 11) is 0. The van der Waals surface area contributed by atoms with Crippen molar-refractivity contribution in [1.82, 2.24) is 14.7 Å². The summed E-state index contributed by atoms with van der Waals surface area (Å²) in [5.74, 6) is -4.12. The van der Waals surface area contributed by atoms with E-state index in [0.717, 1.165) is 11.8 Å². The number of nitrogens with one attached hydrogen (secondary N) is 1. The van der Waals surface area contributed by atoms with Gasteiger partial charge in [0.25, 0.3) is 17.4 Å². The molecule has 0 atom stereocenters. The molecular weight excluding hydrogens is 282 g/mol. The molecular formula is C13H14F2N4O2. The molecule has 2 rings (SSSR count). The van der Waals surface area contributed by atoms with Crippen molar-refractivity contribution < 1.29 is 13.6 Å². The minimum atomic E-state index is -3.22. The molecule has 3 N–H and O–H groups in total. The maximum Gasteiger partial charge on any atom is 0.277 e. The van der Waals surface area contributed by atoms with Crippen LogP contribution in [0, 0.1) is 6.92 Å². The van der Waals surface area contributed by atoms with E-state index in [1.165, 1.54) is 10.6 Å². The molecule has 8 heteroatoms. The monoisotopic (exact) mass is 296 g/mol. The molecule has 0 radical (unpaired) electrons. The smallest absolute Gasteiger partial charge is 0.277 e. The van der Waals surface area contributed by atoms with E-state index in [1.807, 2.05) is 5.32 Å². The lowest BCUT2D eigenvalue weighted by molar-refractivity contribution is 0.0118. The predicted octanol–water partition coefficient (Wildman–Crippen LogP) is 0.327. The summed E-state index contributed by atoms with van der Waals surface area (Å²) in [6.45, 7) is -0.0415. The number of alkyl halides is 2. The number of aromatic nitrogens is 2. The summed E-state index contributed by atoms with van der Waals surface area (Å²) in [6, 6.07) is 3.39. The van der Waals surface area contributed by atoms with Gasteiger partial charge in [-0.05, 0) is 18.6 Å². The first kappa shape index (κ1) is 15.0. The Morgan fingerprint density at radius 3 is 2.86 bits per heavy atom. The van der Waals surface area contributed by atoms with Crippen molar-refractivity contribution in [3.8, 4) is 0 Å². The molecule has 0 aliphatic heterocycles. The third kappa shape index (κ3) is 3.22. The molecule has 0 fully saturated rings. The minimum Gasteiger partial charge on any atom is -0.346 e. The van der Waals surface area contributed by atoms with Gasteiger partial charge < -0.3 is 11.1 Å². The van der Waals surface area contributed by atoms with E-state index in [9.17, 15) is 18.4 Å². The molecule has 0 bridgehead atoms. The summed E-state index contributed by atoms with van der Waals surface area (Å²) in [5.41, 5.74) is 5.13. The number of carbonyl (C=O) groups is 1. The lowest BCUT2D eigenvalue weighted by atomic mass is 10.2. The number of pyridine rings is 1. The molecule has 0 spiro atoms. The Kier molecular flexibility index (Phi) is 3.99. The maximum absolute atomic E-state index is 13.0. The van der Waals surface area contributed by atoms with E-state index < -0.39 is 30.5 Å². The first-order valence-corrected chi connectivity index (χ1v) is 6.18. The fraction of sp³-hybridized carbons (Fsp3) is 0.308. The third-order valence-electron chi connectivity index (χ3n) is 2.90. The molecule has 0 aliphatic rings. The minimum absolute atomic E-state index is 0.300.